The molecule has 2 rings (SSSR count). The van der Waals surface area contributed by atoms with E-state index in [0.29, 0.717) is 5.37 Å². The normalized spacial score (nSPS) is 34.2. The number of hydrogen-bond acceptors (Lipinski definition) is 3. The molecule has 0 N–H and O–H groups in total. The molecular formula is C9H13NS2. The fraction of sp³-hybridized carbons (Fsp3) is 0.667. The molecule has 0 spiro atoms. The van der Waals surface area contributed by atoms with Crippen LogP contribution in [0.4, 0.5) is 0 Å². The van der Waals surface area contributed by atoms with E-state index in [1.165, 1.54) is 17.7 Å². The van der Waals surface area contributed by atoms with Gasteiger partial charge in [0.2, 0.25) is 0 Å². The Bertz CT molecular complexity index is 245. The molecule has 0 aromatic heterocycles. The van der Waals surface area contributed by atoms with Gasteiger partial charge in [0, 0.05) is 22.8 Å². The monoisotopic (exact) mass is 199 g/mol. The van der Waals surface area contributed by atoms with E-state index in [0.717, 1.165) is 5.25 Å². The van der Waals surface area contributed by atoms with E-state index >= 15 is 0 Å². The van der Waals surface area contributed by atoms with E-state index in [2.05, 4.69) is 24.4 Å². The van der Waals surface area contributed by atoms with Crippen LogP contribution in [0.3, 0.4) is 0 Å². The highest BCUT2D eigenvalue weighted by Crippen LogP contribution is 2.41. The Kier molecular flexibility index (Phi) is 2.51. The van der Waals surface area contributed by atoms with Gasteiger partial charge in [-0.1, -0.05) is 12.5 Å². The van der Waals surface area contributed by atoms with Crippen LogP contribution in [-0.2, 0) is 0 Å². The number of thioether (sulfide) groups is 2. The topological polar surface area (TPSA) is 12.4 Å². The fourth-order valence-corrected chi connectivity index (χ4v) is 3.38. The summed E-state index contributed by atoms with van der Waals surface area (Å²) in [6.45, 7) is 2.30. The van der Waals surface area contributed by atoms with Crippen LogP contribution in [0, 0.1) is 0 Å². The zero-order valence-corrected chi connectivity index (χ0v) is 9.04. The molecule has 0 aromatic carbocycles. The molecule has 0 fully saturated rings. The number of dihydropyridines is 1. The molecule has 2 atom stereocenters. The predicted molar refractivity (Wildman–Crippen MR) is 59.1 cm³/mol. The molecule has 0 saturated heterocycles. The average Bonchev–Trinajstić information content (AvgIpc) is 2.43. The molecule has 2 unspecified atom stereocenters. The van der Waals surface area contributed by atoms with Gasteiger partial charge in [-0.2, -0.15) is 0 Å². The molecular weight excluding hydrogens is 186 g/mol. The van der Waals surface area contributed by atoms with Crippen molar-refractivity contribution in [2.75, 3.05) is 6.26 Å². The molecule has 3 heteroatoms. The van der Waals surface area contributed by atoms with Gasteiger partial charge in [0.05, 0.1) is 5.37 Å². The molecule has 12 heavy (non-hydrogen) atoms. The predicted octanol–water partition coefficient (Wildman–Crippen LogP) is 2.93. The van der Waals surface area contributed by atoms with Crippen molar-refractivity contribution in [3.8, 4) is 0 Å². The Morgan fingerprint density at radius 1 is 1.58 bits per heavy atom. The highest BCUT2D eigenvalue weighted by atomic mass is 32.2. The van der Waals surface area contributed by atoms with Crippen molar-refractivity contribution in [2.45, 2.75) is 30.4 Å². The number of aliphatic imine (C=N–C) groups is 1. The summed E-state index contributed by atoms with van der Waals surface area (Å²) in [4.78, 5) is 5.94. The first-order chi connectivity index (χ1) is 5.79. The molecule has 2 heterocycles. The minimum Gasteiger partial charge on any atom is -0.278 e. The van der Waals surface area contributed by atoms with Crippen LogP contribution < -0.4 is 0 Å². The molecule has 66 valence electrons. The molecule has 1 nitrogen and oxygen atoms in total. The lowest BCUT2D eigenvalue weighted by Gasteiger charge is -2.14. The third kappa shape index (κ3) is 1.57. The lowest BCUT2D eigenvalue weighted by atomic mass is 10.1. The maximum Gasteiger partial charge on any atom is 0.0986 e. The first-order valence-corrected chi connectivity index (χ1v) is 6.41. The maximum absolute atomic E-state index is 4.48. The van der Waals surface area contributed by atoms with Gasteiger partial charge in [0.15, 0.2) is 0 Å². The van der Waals surface area contributed by atoms with E-state index in [4.69, 9.17) is 0 Å². The quantitative estimate of drug-likeness (QED) is 0.644. The highest BCUT2D eigenvalue weighted by molar-refractivity contribution is 8.04. The minimum absolute atomic E-state index is 0.495. The van der Waals surface area contributed by atoms with Crippen LogP contribution in [0.25, 0.3) is 0 Å². The molecule has 0 aliphatic carbocycles. The van der Waals surface area contributed by atoms with Crippen molar-refractivity contribution < 1.29 is 0 Å². The Labute approximate surface area is 82.1 Å². The van der Waals surface area contributed by atoms with Crippen molar-refractivity contribution in [1.29, 1.82) is 0 Å². The summed E-state index contributed by atoms with van der Waals surface area (Å²) < 4.78 is 0. The van der Waals surface area contributed by atoms with Gasteiger partial charge >= 0.3 is 0 Å². The average molecular weight is 199 g/mol. The summed E-state index contributed by atoms with van der Waals surface area (Å²) in [6, 6.07) is 0. The van der Waals surface area contributed by atoms with Crippen LogP contribution in [0.5, 0.6) is 0 Å². The van der Waals surface area contributed by atoms with E-state index < -0.39 is 0 Å². The summed E-state index contributed by atoms with van der Waals surface area (Å²) in [5, 5.41) is 1.27. The van der Waals surface area contributed by atoms with Crippen molar-refractivity contribution >= 4 is 29.7 Å². The zero-order valence-electron chi connectivity index (χ0n) is 7.41. The summed E-state index contributed by atoms with van der Waals surface area (Å²) in [5.41, 5.74) is 1.64. The van der Waals surface area contributed by atoms with Gasteiger partial charge in [0.1, 0.15) is 0 Å². The Balaban J connectivity index is 2.10. The van der Waals surface area contributed by atoms with Crippen molar-refractivity contribution in [3.63, 3.8) is 0 Å². The van der Waals surface area contributed by atoms with E-state index in [9.17, 15) is 0 Å². The van der Waals surface area contributed by atoms with E-state index in [-0.39, 0.29) is 0 Å². The Hall–Kier alpha value is 0.110. The van der Waals surface area contributed by atoms with Crippen LogP contribution >= 0.6 is 23.5 Å². The zero-order chi connectivity index (χ0) is 8.55. The van der Waals surface area contributed by atoms with Crippen molar-refractivity contribution in [1.82, 2.24) is 0 Å². The number of allylic oxidation sites excluding steroid dienone is 1. The molecule has 2 aliphatic rings. The van der Waals surface area contributed by atoms with Crippen LogP contribution in [-0.4, -0.2) is 23.1 Å². The van der Waals surface area contributed by atoms with Gasteiger partial charge in [-0.3, -0.25) is 4.99 Å². The van der Waals surface area contributed by atoms with Crippen LogP contribution in [0.1, 0.15) is 19.8 Å². The molecule has 0 radical (unpaired) electrons. The number of rotatable bonds is 1. The summed E-state index contributed by atoms with van der Waals surface area (Å²) in [6.07, 6.45) is 6.68. The summed E-state index contributed by atoms with van der Waals surface area (Å²) >= 11 is 3.84. The van der Waals surface area contributed by atoms with Crippen LogP contribution in [0.2, 0.25) is 0 Å². The second-order valence-corrected chi connectivity index (χ2v) is 5.77. The molecule has 0 saturated carbocycles. The third-order valence-corrected chi connectivity index (χ3v) is 4.31. The second kappa shape index (κ2) is 3.46. The van der Waals surface area contributed by atoms with Gasteiger partial charge in [-0.25, -0.2) is 0 Å². The molecule has 0 bridgehead atoms. The van der Waals surface area contributed by atoms with Crippen molar-refractivity contribution in [2.24, 2.45) is 4.99 Å². The Morgan fingerprint density at radius 3 is 3.17 bits per heavy atom. The minimum atomic E-state index is 0.495. The largest absolute Gasteiger partial charge is 0.278 e. The SMILES string of the molecule is CSC1CC2=C(C=N1)SC(C)C2. The summed E-state index contributed by atoms with van der Waals surface area (Å²) in [7, 11) is 0. The lowest BCUT2D eigenvalue weighted by Crippen LogP contribution is -2.06. The highest BCUT2D eigenvalue weighted by Gasteiger charge is 2.25. The van der Waals surface area contributed by atoms with Crippen LogP contribution in [0.15, 0.2) is 15.5 Å². The van der Waals surface area contributed by atoms with Gasteiger partial charge < -0.3 is 0 Å². The molecule has 0 aromatic rings. The van der Waals surface area contributed by atoms with Gasteiger partial charge in [-0.05, 0) is 12.7 Å². The first-order valence-electron chi connectivity index (χ1n) is 4.24. The third-order valence-electron chi connectivity index (χ3n) is 2.26. The molecule has 2 aliphatic heterocycles. The standard InChI is InChI=1S/C9H13NS2/c1-6-3-7-4-9(11-2)10-5-8(7)12-6/h5-6,9H,3-4H2,1-2H3. The number of nitrogens with zero attached hydrogens (tertiary/aromatic N) is 1. The summed E-state index contributed by atoms with van der Waals surface area (Å²) in [5.74, 6) is 0. The van der Waals surface area contributed by atoms with E-state index in [1.807, 2.05) is 23.5 Å². The Morgan fingerprint density at radius 2 is 2.42 bits per heavy atom. The second-order valence-electron chi connectivity index (χ2n) is 3.27. The lowest BCUT2D eigenvalue weighted by molar-refractivity contribution is 0.814. The maximum atomic E-state index is 4.48. The number of hydrogen-bond donors (Lipinski definition) is 0. The smallest absolute Gasteiger partial charge is 0.0986 e. The first kappa shape index (κ1) is 8.70. The van der Waals surface area contributed by atoms with Crippen molar-refractivity contribution in [3.05, 3.63) is 10.5 Å². The van der Waals surface area contributed by atoms with Gasteiger partial charge in [0.25, 0.3) is 0 Å². The van der Waals surface area contributed by atoms with Gasteiger partial charge in [-0.15, -0.1) is 23.5 Å². The fourth-order valence-electron chi connectivity index (χ4n) is 1.65. The van der Waals surface area contributed by atoms with E-state index in [1.54, 1.807) is 5.57 Å². The molecule has 0 amide bonds.